The fourth-order valence-electron chi connectivity index (χ4n) is 5.08. The van der Waals surface area contributed by atoms with Crippen molar-refractivity contribution < 1.29 is 0 Å². The zero-order chi connectivity index (χ0) is 26.6. The van der Waals surface area contributed by atoms with Crippen molar-refractivity contribution in [1.29, 1.82) is 0 Å². The molecule has 0 spiro atoms. The summed E-state index contributed by atoms with van der Waals surface area (Å²) >= 11 is 0. The lowest BCUT2D eigenvalue weighted by Gasteiger charge is -2.28. The largest absolute Gasteiger partial charge is 0.370 e. The molecule has 1 aliphatic carbocycles. The van der Waals surface area contributed by atoms with Crippen molar-refractivity contribution in [3.05, 3.63) is 89.3 Å². The van der Waals surface area contributed by atoms with Gasteiger partial charge in [0.25, 0.3) is 0 Å². The Hall–Kier alpha value is -4.06. The molecule has 2 aliphatic rings. The molecule has 3 N–H and O–H groups in total. The highest BCUT2D eigenvalue weighted by Crippen LogP contribution is 2.34. The fraction of sp³-hybridized carbons (Fsp3) is 0.312. The van der Waals surface area contributed by atoms with E-state index in [1.807, 2.05) is 26.0 Å². The lowest BCUT2D eigenvalue weighted by atomic mass is 10.0. The maximum absolute atomic E-state index is 5.05. The van der Waals surface area contributed by atoms with Crippen LogP contribution in [0.4, 0.5) is 5.69 Å². The molecule has 0 unspecified atom stereocenters. The second-order valence-electron chi connectivity index (χ2n) is 10.1. The van der Waals surface area contributed by atoms with E-state index in [2.05, 4.69) is 81.6 Å². The SMILES string of the molecule is C=C/C(=C\C(=C/C)C(=C)/C=c1/c(-c2nc3c(N4CCCCC4)cccc3[nH]2)n[nH]/c1=C/C)NC(=C)C1CC1. The van der Waals surface area contributed by atoms with Crippen LogP contribution in [0.3, 0.4) is 0 Å². The number of hydrogen-bond acceptors (Lipinski definition) is 4. The van der Waals surface area contributed by atoms with Crippen molar-refractivity contribution in [3.63, 3.8) is 0 Å². The van der Waals surface area contributed by atoms with Crippen molar-refractivity contribution in [2.24, 2.45) is 5.92 Å². The summed E-state index contributed by atoms with van der Waals surface area (Å²) in [7, 11) is 0. The highest BCUT2D eigenvalue weighted by Gasteiger charge is 2.24. The summed E-state index contributed by atoms with van der Waals surface area (Å²) in [6.07, 6.45) is 16.2. The molecule has 5 rings (SSSR count). The third-order valence-corrected chi connectivity index (χ3v) is 7.44. The van der Waals surface area contributed by atoms with Crippen molar-refractivity contribution in [2.75, 3.05) is 18.0 Å². The quantitative estimate of drug-likeness (QED) is 0.330. The molecular weight excluding hydrogens is 468 g/mol. The first-order valence-corrected chi connectivity index (χ1v) is 13.6. The summed E-state index contributed by atoms with van der Waals surface area (Å²) in [6, 6.07) is 6.37. The highest BCUT2D eigenvalue weighted by atomic mass is 15.2. The molecule has 1 saturated carbocycles. The van der Waals surface area contributed by atoms with Crippen LogP contribution in [-0.4, -0.2) is 33.3 Å². The van der Waals surface area contributed by atoms with E-state index >= 15 is 0 Å². The van der Waals surface area contributed by atoms with E-state index in [9.17, 15) is 0 Å². The van der Waals surface area contributed by atoms with Crippen LogP contribution in [0.5, 0.6) is 0 Å². The maximum atomic E-state index is 5.05. The van der Waals surface area contributed by atoms with Gasteiger partial charge in [0.15, 0.2) is 5.82 Å². The van der Waals surface area contributed by atoms with Crippen LogP contribution in [0.25, 0.3) is 34.7 Å². The first-order valence-electron chi connectivity index (χ1n) is 13.6. The standard InChI is InChI=1S/C32H38N6/c1-6-23(20-25(7-2)33-22(5)24-15-16-24)21(4)19-26-27(8-3)36-37-30(26)32-34-28-13-12-14-29(31(28)35-32)38-17-10-9-11-18-38/h6-8,12-14,19-20,24,33,36H,2,4-5,9-11,15-18H2,1,3H3,(H,34,35)/b23-6+,25-20+,26-19+,27-8+. The fourth-order valence-corrected chi connectivity index (χ4v) is 5.08. The van der Waals surface area contributed by atoms with Gasteiger partial charge >= 0.3 is 0 Å². The number of aromatic nitrogens is 4. The second-order valence-corrected chi connectivity index (χ2v) is 10.1. The van der Waals surface area contributed by atoms with Crippen LogP contribution in [0.2, 0.25) is 0 Å². The van der Waals surface area contributed by atoms with E-state index in [0.717, 1.165) is 68.7 Å². The Bertz CT molecular complexity index is 1550. The molecular formula is C32H38N6. The summed E-state index contributed by atoms with van der Waals surface area (Å²) in [5.74, 6) is 1.32. The molecule has 1 aromatic carbocycles. The van der Waals surface area contributed by atoms with Crippen LogP contribution in [0.15, 0.2) is 78.7 Å². The average molecular weight is 507 g/mol. The molecule has 3 heterocycles. The van der Waals surface area contributed by atoms with E-state index in [-0.39, 0.29) is 0 Å². The van der Waals surface area contributed by atoms with Gasteiger partial charge in [-0.1, -0.05) is 38.0 Å². The zero-order valence-corrected chi connectivity index (χ0v) is 22.6. The molecule has 2 aromatic heterocycles. The smallest absolute Gasteiger partial charge is 0.159 e. The minimum Gasteiger partial charge on any atom is -0.370 e. The summed E-state index contributed by atoms with van der Waals surface area (Å²) in [4.78, 5) is 11.0. The van der Waals surface area contributed by atoms with Crippen molar-refractivity contribution >= 4 is 28.9 Å². The predicted octanol–water partition coefficient (Wildman–Crippen LogP) is 5.61. The van der Waals surface area contributed by atoms with Crippen LogP contribution in [0, 0.1) is 5.92 Å². The van der Waals surface area contributed by atoms with Gasteiger partial charge in [0, 0.05) is 29.7 Å². The van der Waals surface area contributed by atoms with Crippen LogP contribution in [0.1, 0.15) is 46.0 Å². The number of fused-ring (bicyclic) bond motifs is 1. The van der Waals surface area contributed by atoms with Gasteiger partial charge in [-0.3, -0.25) is 5.10 Å². The van der Waals surface area contributed by atoms with E-state index in [4.69, 9.17) is 4.98 Å². The lowest BCUT2D eigenvalue weighted by Crippen LogP contribution is -2.29. The minimum absolute atomic E-state index is 0.567. The molecule has 196 valence electrons. The third kappa shape index (κ3) is 5.30. The van der Waals surface area contributed by atoms with Gasteiger partial charge in [-0.2, -0.15) is 5.10 Å². The number of aromatic amines is 2. The van der Waals surface area contributed by atoms with Gasteiger partial charge in [0.1, 0.15) is 11.2 Å². The topological polar surface area (TPSA) is 72.6 Å². The summed E-state index contributed by atoms with van der Waals surface area (Å²) in [5.41, 5.74) is 7.83. The summed E-state index contributed by atoms with van der Waals surface area (Å²) in [5, 5.41) is 13.2. The van der Waals surface area contributed by atoms with E-state index in [1.165, 1.54) is 37.8 Å². The number of H-pyrrole nitrogens is 2. The van der Waals surface area contributed by atoms with E-state index in [0.29, 0.717) is 5.92 Å². The molecule has 38 heavy (non-hydrogen) atoms. The number of para-hydroxylation sites is 1. The summed E-state index contributed by atoms with van der Waals surface area (Å²) in [6.45, 7) is 18.7. The molecule has 0 amide bonds. The van der Waals surface area contributed by atoms with Crippen molar-refractivity contribution in [1.82, 2.24) is 25.5 Å². The Kier molecular flexibility index (Phi) is 7.50. The van der Waals surface area contributed by atoms with Gasteiger partial charge in [0.05, 0.1) is 16.6 Å². The molecule has 1 saturated heterocycles. The average Bonchev–Trinajstić information content (AvgIpc) is 3.59. The molecule has 6 heteroatoms. The molecule has 1 aliphatic heterocycles. The number of benzene rings is 1. The number of hydrogen-bond donors (Lipinski definition) is 3. The Labute approximate surface area is 224 Å². The van der Waals surface area contributed by atoms with Crippen molar-refractivity contribution in [2.45, 2.75) is 46.0 Å². The Morgan fingerprint density at radius 1 is 1.13 bits per heavy atom. The molecule has 3 aromatic rings. The number of piperidine rings is 1. The van der Waals surface area contributed by atoms with Crippen molar-refractivity contribution in [3.8, 4) is 11.5 Å². The minimum atomic E-state index is 0.567. The maximum Gasteiger partial charge on any atom is 0.159 e. The van der Waals surface area contributed by atoms with Gasteiger partial charge in [-0.15, -0.1) is 0 Å². The molecule has 2 fully saturated rings. The van der Waals surface area contributed by atoms with E-state index in [1.54, 1.807) is 0 Å². The Morgan fingerprint density at radius 3 is 2.61 bits per heavy atom. The Morgan fingerprint density at radius 2 is 1.92 bits per heavy atom. The number of anilines is 1. The van der Waals surface area contributed by atoms with Crippen LogP contribution in [-0.2, 0) is 0 Å². The first kappa shape index (κ1) is 25.6. The number of allylic oxidation sites excluding steroid dienone is 6. The van der Waals surface area contributed by atoms with Gasteiger partial charge < -0.3 is 15.2 Å². The van der Waals surface area contributed by atoms with Gasteiger partial charge in [0.2, 0.25) is 0 Å². The number of nitrogens with zero attached hydrogens (tertiary/aromatic N) is 3. The number of nitrogens with one attached hydrogen (secondary N) is 3. The highest BCUT2D eigenvalue weighted by molar-refractivity contribution is 5.91. The molecule has 0 radical (unpaired) electrons. The Balaban J connectivity index is 1.51. The predicted molar refractivity (Wildman–Crippen MR) is 160 cm³/mol. The molecule has 6 nitrogen and oxygen atoms in total. The zero-order valence-electron chi connectivity index (χ0n) is 22.6. The second kappa shape index (κ2) is 11.1. The van der Waals surface area contributed by atoms with E-state index < -0.39 is 0 Å². The first-order chi connectivity index (χ1) is 18.5. The van der Waals surface area contributed by atoms with Crippen LogP contribution >= 0.6 is 0 Å². The number of imidazole rings is 1. The third-order valence-electron chi connectivity index (χ3n) is 7.44. The van der Waals surface area contributed by atoms with Crippen LogP contribution < -0.4 is 20.8 Å². The monoisotopic (exact) mass is 506 g/mol. The normalized spacial score (nSPS) is 17.8. The summed E-state index contributed by atoms with van der Waals surface area (Å²) < 4.78 is 0. The number of rotatable bonds is 9. The lowest BCUT2D eigenvalue weighted by molar-refractivity contribution is 0.579. The molecule has 0 atom stereocenters. The molecule has 0 bridgehead atoms. The van der Waals surface area contributed by atoms with Gasteiger partial charge in [-0.05, 0) is 93.4 Å². The van der Waals surface area contributed by atoms with Gasteiger partial charge in [-0.25, -0.2) is 4.98 Å².